The fourth-order valence-electron chi connectivity index (χ4n) is 2.37. The van der Waals surface area contributed by atoms with Crippen molar-refractivity contribution in [3.05, 3.63) is 72.3 Å². The second kappa shape index (κ2) is 5.73. The number of ether oxygens (including phenoxy) is 1. The van der Waals surface area contributed by atoms with Crippen molar-refractivity contribution in [3.8, 4) is 22.9 Å². The van der Waals surface area contributed by atoms with Crippen LogP contribution in [0, 0.1) is 11.6 Å². The number of pyridine rings is 1. The Balaban J connectivity index is 1.72. The van der Waals surface area contributed by atoms with Gasteiger partial charge in [0.15, 0.2) is 0 Å². The highest BCUT2D eigenvalue weighted by molar-refractivity contribution is 5.89. The van der Waals surface area contributed by atoms with Gasteiger partial charge < -0.3 is 9.26 Å². The molecule has 0 aliphatic carbocycles. The van der Waals surface area contributed by atoms with Crippen LogP contribution in [0.25, 0.3) is 22.4 Å². The van der Waals surface area contributed by atoms with Gasteiger partial charge in [-0.1, -0.05) is 23.4 Å². The monoisotopic (exact) mass is 324 g/mol. The van der Waals surface area contributed by atoms with Crippen LogP contribution in [0.1, 0.15) is 0 Å². The summed E-state index contributed by atoms with van der Waals surface area (Å²) in [5, 5.41) is 4.46. The lowest BCUT2D eigenvalue weighted by Gasteiger charge is -2.04. The number of hydrogen-bond acceptors (Lipinski definition) is 4. The van der Waals surface area contributed by atoms with Crippen molar-refractivity contribution in [2.75, 3.05) is 0 Å². The number of halogens is 2. The molecule has 0 spiro atoms. The van der Waals surface area contributed by atoms with Gasteiger partial charge in [-0.25, -0.2) is 8.78 Å². The Hall–Kier alpha value is -3.28. The standard InChI is InChI=1S/C18H10F2N2O2/c19-11-4-3-5-12(10-11)23-16-9-8-14-17(22-24-18(14)21-16)13-6-1-2-7-15(13)20/h1-10H. The van der Waals surface area contributed by atoms with Gasteiger partial charge in [0.05, 0.1) is 5.39 Å². The van der Waals surface area contributed by atoms with Crippen molar-refractivity contribution < 1.29 is 18.0 Å². The largest absolute Gasteiger partial charge is 0.439 e. The van der Waals surface area contributed by atoms with E-state index in [0.29, 0.717) is 22.4 Å². The van der Waals surface area contributed by atoms with Crippen LogP contribution < -0.4 is 4.74 Å². The Kier molecular flexibility index (Phi) is 3.42. The first-order valence-electron chi connectivity index (χ1n) is 7.15. The summed E-state index contributed by atoms with van der Waals surface area (Å²) in [5.74, 6) is -0.261. The molecule has 2 aromatic heterocycles. The lowest BCUT2D eigenvalue weighted by atomic mass is 10.1. The maximum atomic E-state index is 13.9. The van der Waals surface area contributed by atoms with E-state index in [1.165, 1.54) is 24.3 Å². The molecule has 2 heterocycles. The summed E-state index contributed by atoms with van der Waals surface area (Å²) in [7, 11) is 0. The molecule has 0 bridgehead atoms. The van der Waals surface area contributed by atoms with Crippen molar-refractivity contribution in [2.45, 2.75) is 0 Å². The fraction of sp³-hybridized carbons (Fsp3) is 0. The molecule has 0 fully saturated rings. The molecule has 4 nitrogen and oxygen atoms in total. The minimum Gasteiger partial charge on any atom is -0.439 e. The van der Waals surface area contributed by atoms with Gasteiger partial charge in [0.1, 0.15) is 23.1 Å². The first-order chi connectivity index (χ1) is 11.7. The number of benzene rings is 2. The molecule has 118 valence electrons. The SMILES string of the molecule is Fc1cccc(Oc2ccc3c(-c4ccccc4F)noc3n2)c1. The number of nitrogens with zero attached hydrogens (tertiary/aromatic N) is 2. The summed E-state index contributed by atoms with van der Waals surface area (Å²) in [6.07, 6.45) is 0. The van der Waals surface area contributed by atoms with E-state index in [4.69, 9.17) is 9.26 Å². The van der Waals surface area contributed by atoms with Crippen LogP contribution in [0.2, 0.25) is 0 Å². The number of aromatic nitrogens is 2. The first kappa shape index (κ1) is 14.3. The van der Waals surface area contributed by atoms with Gasteiger partial charge in [-0.3, -0.25) is 0 Å². The van der Waals surface area contributed by atoms with E-state index in [2.05, 4.69) is 10.1 Å². The first-order valence-corrected chi connectivity index (χ1v) is 7.15. The van der Waals surface area contributed by atoms with Crippen LogP contribution >= 0.6 is 0 Å². The van der Waals surface area contributed by atoms with Crippen molar-refractivity contribution in [1.82, 2.24) is 10.1 Å². The Morgan fingerprint density at radius 1 is 0.917 bits per heavy atom. The zero-order chi connectivity index (χ0) is 16.5. The van der Waals surface area contributed by atoms with Crippen LogP contribution in [-0.2, 0) is 0 Å². The van der Waals surface area contributed by atoms with Crippen LogP contribution in [0.5, 0.6) is 11.6 Å². The Bertz CT molecular complexity index is 1030. The highest BCUT2D eigenvalue weighted by Gasteiger charge is 2.15. The van der Waals surface area contributed by atoms with Crippen LogP contribution in [-0.4, -0.2) is 10.1 Å². The lowest BCUT2D eigenvalue weighted by molar-refractivity contribution is 0.432. The molecule has 4 aromatic rings. The van der Waals surface area contributed by atoms with Crippen molar-refractivity contribution >= 4 is 11.1 Å². The molecule has 24 heavy (non-hydrogen) atoms. The molecule has 0 saturated heterocycles. The van der Waals surface area contributed by atoms with E-state index in [0.717, 1.165) is 0 Å². The van der Waals surface area contributed by atoms with Crippen LogP contribution in [0.15, 0.2) is 65.2 Å². The third kappa shape index (κ3) is 2.58. The van der Waals surface area contributed by atoms with E-state index in [9.17, 15) is 8.78 Å². The molecule has 4 rings (SSSR count). The van der Waals surface area contributed by atoms with E-state index < -0.39 is 11.6 Å². The second-order valence-electron chi connectivity index (χ2n) is 5.07. The Labute approximate surface area is 135 Å². The molecule has 0 amide bonds. The summed E-state index contributed by atoms with van der Waals surface area (Å²) in [5.41, 5.74) is 0.909. The van der Waals surface area contributed by atoms with E-state index >= 15 is 0 Å². The zero-order valence-corrected chi connectivity index (χ0v) is 12.2. The van der Waals surface area contributed by atoms with Gasteiger partial charge in [-0.2, -0.15) is 4.98 Å². The highest BCUT2D eigenvalue weighted by atomic mass is 19.1. The maximum Gasteiger partial charge on any atom is 0.261 e. The van der Waals surface area contributed by atoms with E-state index in [-0.39, 0.29) is 11.6 Å². The fourth-order valence-corrected chi connectivity index (χ4v) is 2.37. The summed E-state index contributed by atoms with van der Waals surface area (Å²) in [4.78, 5) is 4.18. The molecule has 0 saturated carbocycles. The molecule has 0 aliphatic heterocycles. The predicted octanol–water partition coefficient (Wildman–Crippen LogP) is 4.96. The normalized spacial score (nSPS) is 10.9. The minimum atomic E-state index is -0.407. The van der Waals surface area contributed by atoms with Crippen molar-refractivity contribution in [2.24, 2.45) is 0 Å². The van der Waals surface area contributed by atoms with Gasteiger partial charge in [-0.05, 0) is 30.3 Å². The summed E-state index contributed by atoms with van der Waals surface area (Å²) < 4.78 is 37.8. The van der Waals surface area contributed by atoms with Gasteiger partial charge in [-0.15, -0.1) is 0 Å². The Morgan fingerprint density at radius 2 is 1.79 bits per heavy atom. The van der Waals surface area contributed by atoms with Crippen LogP contribution in [0.4, 0.5) is 8.78 Å². The molecular formula is C18H10F2N2O2. The molecule has 0 atom stereocenters. The molecule has 0 N–H and O–H groups in total. The average molecular weight is 324 g/mol. The third-order valence-electron chi connectivity index (χ3n) is 3.46. The quantitative estimate of drug-likeness (QED) is 0.534. The molecular weight excluding hydrogens is 314 g/mol. The topological polar surface area (TPSA) is 48.2 Å². The summed E-state index contributed by atoms with van der Waals surface area (Å²) in [6.45, 7) is 0. The maximum absolute atomic E-state index is 13.9. The van der Waals surface area contributed by atoms with E-state index in [1.54, 1.807) is 36.4 Å². The second-order valence-corrected chi connectivity index (χ2v) is 5.07. The summed E-state index contributed by atoms with van der Waals surface area (Å²) >= 11 is 0. The molecule has 0 radical (unpaired) electrons. The third-order valence-corrected chi connectivity index (χ3v) is 3.46. The number of rotatable bonds is 3. The lowest BCUT2D eigenvalue weighted by Crippen LogP contribution is -1.89. The molecule has 0 aliphatic rings. The van der Waals surface area contributed by atoms with Gasteiger partial charge in [0.25, 0.3) is 5.71 Å². The summed E-state index contributed by atoms with van der Waals surface area (Å²) in [6, 6.07) is 15.3. The van der Waals surface area contributed by atoms with Crippen molar-refractivity contribution in [1.29, 1.82) is 0 Å². The van der Waals surface area contributed by atoms with Crippen molar-refractivity contribution in [3.63, 3.8) is 0 Å². The molecule has 6 heteroatoms. The molecule has 2 aromatic carbocycles. The van der Waals surface area contributed by atoms with Crippen LogP contribution in [0.3, 0.4) is 0 Å². The van der Waals surface area contributed by atoms with E-state index in [1.807, 2.05) is 0 Å². The minimum absolute atomic E-state index is 0.210. The van der Waals surface area contributed by atoms with Gasteiger partial charge >= 0.3 is 0 Å². The smallest absolute Gasteiger partial charge is 0.261 e. The molecule has 0 unspecified atom stereocenters. The number of hydrogen-bond donors (Lipinski definition) is 0. The zero-order valence-electron chi connectivity index (χ0n) is 12.2. The predicted molar refractivity (Wildman–Crippen MR) is 83.7 cm³/mol. The number of fused-ring (bicyclic) bond motifs is 1. The Morgan fingerprint density at radius 3 is 2.62 bits per heavy atom. The van der Waals surface area contributed by atoms with Gasteiger partial charge in [0.2, 0.25) is 5.88 Å². The average Bonchev–Trinajstić information content (AvgIpc) is 2.98. The van der Waals surface area contributed by atoms with Gasteiger partial charge in [0, 0.05) is 17.7 Å². The highest BCUT2D eigenvalue weighted by Crippen LogP contribution is 2.31.